The molecule has 2 aromatic carbocycles. The van der Waals surface area contributed by atoms with Crippen LogP contribution in [0.15, 0.2) is 54.6 Å². The van der Waals surface area contributed by atoms with E-state index in [0.29, 0.717) is 13.2 Å². The first-order valence-corrected chi connectivity index (χ1v) is 7.74. The summed E-state index contributed by atoms with van der Waals surface area (Å²) >= 11 is 0. The van der Waals surface area contributed by atoms with Crippen molar-refractivity contribution in [3.63, 3.8) is 0 Å². The summed E-state index contributed by atoms with van der Waals surface area (Å²) in [5.74, 6) is 1.79. The highest BCUT2D eigenvalue weighted by atomic mass is 16.5. The molecule has 0 aliphatic rings. The molecule has 0 saturated carbocycles. The zero-order chi connectivity index (χ0) is 15.8. The minimum Gasteiger partial charge on any atom is -0.494 e. The van der Waals surface area contributed by atoms with Gasteiger partial charge in [-0.1, -0.05) is 30.3 Å². The molecule has 0 aliphatic heterocycles. The Bertz CT molecular complexity index is 543. The summed E-state index contributed by atoms with van der Waals surface area (Å²) in [6, 6.07) is 16.4. The Morgan fingerprint density at radius 1 is 0.818 bits per heavy atom. The molecule has 0 saturated heterocycles. The highest BCUT2D eigenvalue weighted by Gasteiger charge is 2.05. The third-order valence-electron chi connectivity index (χ3n) is 3.30. The molecule has 0 aliphatic carbocycles. The van der Waals surface area contributed by atoms with E-state index in [4.69, 9.17) is 9.47 Å². The topological polar surface area (TPSA) is 18.5 Å². The van der Waals surface area contributed by atoms with Crippen LogP contribution < -0.4 is 9.47 Å². The summed E-state index contributed by atoms with van der Waals surface area (Å²) in [5.41, 5.74) is 3.51. The lowest BCUT2D eigenvalue weighted by Crippen LogP contribution is -1.94. The average Bonchev–Trinajstić information content (AvgIpc) is 2.55. The Hall–Kier alpha value is -2.22. The first kappa shape index (κ1) is 16.2. The van der Waals surface area contributed by atoms with Crippen molar-refractivity contribution in [2.45, 2.75) is 20.3 Å². The summed E-state index contributed by atoms with van der Waals surface area (Å²) in [4.78, 5) is 0. The fourth-order valence-electron chi connectivity index (χ4n) is 2.34. The predicted molar refractivity (Wildman–Crippen MR) is 92.3 cm³/mol. The fourth-order valence-corrected chi connectivity index (χ4v) is 2.34. The summed E-state index contributed by atoms with van der Waals surface area (Å²) in [7, 11) is 0. The van der Waals surface area contributed by atoms with E-state index < -0.39 is 0 Å². The molecule has 22 heavy (non-hydrogen) atoms. The zero-order valence-electron chi connectivity index (χ0n) is 13.3. The maximum absolute atomic E-state index is 5.50. The van der Waals surface area contributed by atoms with E-state index in [9.17, 15) is 0 Å². The Labute approximate surface area is 133 Å². The van der Waals surface area contributed by atoms with Crippen molar-refractivity contribution in [2.24, 2.45) is 0 Å². The number of hydrogen-bond donors (Lipinski definition) is 0. The Morgan fingerprint density at radius 3 is 1.55 bits per heavy atom. The van der Waals surface area contributed by atoms with E-state index in [-0.39, 0.29) is 0 Å². The van der Waals surface area contributed by atoms with E-state index >= 15 is 0 Å². The molecule has 2 heteroatoms. The van der Waals surface area contributed by atoms with Crippen molar-refractivity contribution in [3.05, 3.63) is 72.7 Å². The number of allylic oxidation sites excluding steroid dienone is 1. The van der Waals surface area contributed by atoms with Gasteiger partial charge in [0.2, 0.25) is 0 Å². The summed E-state index contributed by atoms with van der Waals surface area (Å²) < 4.78 is 11.0. The van der Waals surface area contributed by atoms with Gasteiger partial charge in [0.15, 0.2) is 0 Å². The largest absolute Gasteiger partial charge is 0.494 e. The Balaban J connectivity index is 2.27. The van der Waals surface area contributed by atoms with E-state index in [1.165, 1.54) is 5.57 Å². The van der Waals surface area contributed by atoms with Crippen LogP contribution in [0.5, 0.6) is 11.5 Å². The van der Waals surface area contributed by atoms with Crippen LogP contribution in [0.1, 0.15) is 31.4 Å². The number of hydrogen-bond acceptors (Lipinski definition) is 2. The maximum atomic E-state index is 5.50. The molecule has 0 bridgehead atoms. The first-order chi connectivity index (χ1) is 10.8. The lowest BCUT2D eigenvalue weighted by Gasteiger charge is -2.11. The summed E-state index contributed by atoms with van der Waals surface area (Å²) in [6.45, 7) is 9.28. The van der Waals surface area contributed by atoms with Crippen LogP contribution in [-0.4, -0.2) is 13.2 Å². The fraction of sp³-hybridized carbons (Fsp3) is 0.250. The standard InChI is InChI=1S/C20H23O2/c1-4-7-20(16-8-12-18(13-9-16)21-5-2)17-10-14-19(15-11-17)22-6-3/h7-15H,1,4-6H2,2-3H3. The van der Waals surface area contributed by atoms with Gasteiger partial charge in [-0.2, -0.15) is 0 Å². The molecular formula is C20H23O2. The minimum atomic E-state index is 0.680. The molecule has 0 atom stereocenters. The third kappa shape index (κ3) is 4.14. The molecule has 0 amide bonds. The van der Waals surface area contributed by atoms with Crippen LogP contribution >= 0.6 is 0 Å². The molecule has 0 N–H and O–H groups in total. The van der Waals surface area contributed by atoms with Crippen LogP contribution in [0.2, 0.25) is 0 Å². The monoisotopic (exact) mass is 295 g/mol. The number of ether oxygens (including phenoxy) is 2. The predicted octanol–water partition coefficient (Wildman–Crippen LogP) is 5.14. The van der Waals surface area contributed by atoms with Gasteiger partial charge < -0.3 is 9.47 Å². The molecule has 0 fully saturated rings. The zero-order valence-corrected chi connectivity index (χ0v) is 13.3. The minimum absolute atomic E-state index is 0.680. The van der Waals surface area contributed by atoms with Crippen LogP contribution in [0.25, 0.3) is 5.57 Å². The van der Waals surface area contributed by atoms with Crippen molar-refractivity contribution >= 4 is 5.57 Å². The lowest BCUT2D eigenvalue weighted by atomic mass is 9.97. The smallest absolute Gasteiger partial charge is 0.119 e. The third-order valence-corrected chi connectivity index (χ3v) is 3.30. The van der Waals surface area contributed by atoms with Gasteiger partial charge in [0.05, 0.1) is 13.2 Å². The molecule has 0 spiro atoms. The second-order valence-electron chi connectivity index (χ2n) is 4.82. The average molecular weight is 295 g/mol. The van der Waals surface area contributed by atoms with Crippen molar-refractivity contribution in [1.82, 2.24) is 0 Å². The lowest BCUT2D eigenvalue weighted by molar-refractivity contribution is 0.340. The Kier molecular flexibility index (Phi) is 6.08. The van der Waals surface area contributed by atoms with Gasteiger partial charge in [-0.15, -0.1) is 0 Å². The molecular weight excluding hydrogens is 272 g/mol. The van der Waals surface area contributed by atoms with Crippen LogP contribution in [-0.2, 0) is 0 Å². The highest BCUT2D eigenvalue weighted by Crippen LogP contribution is 2.27. The molecule has 2 rings (SSSR count). The normalized spacial score (nSPS) is 10.1. The van der Waals surface area contributed by atoms with E-state index in [1.54, 1.807) is 0 Å². The van der Waals surface area contributed by atoms with Crippen molar-refractivity contribution in [3.8, 4) is 11.5 Å². The number of rotatable bonds is 7. The van der Waals surface area contributed by atoms with Crippen LogP contribution in [0.4, 0.5) is 0 Å². The first-order valence-electron chi connectivity index (χ1n) is 7.74. The van der Waals surface area contributed by atoms with Gasteiger partial charge in [-0.05, 0) is 68.2 Å². The summed E-state index contributed by atoms with van der Waals surface area (Å²) in [5, 5.41) is 0. The van der Waals surface area contributed by atoms with Gasteiger partial charge in [0.25, 0.3) is 0 Å². The van der Waals surface area contributed by atoms with Crippen LogP contribution in [0, 0.1) is 6.92 Å². The number of benzene rings is 2. The Morgan fingerprint density at radius 2 is 1.23 bits per heavy atom. The maximum Gasteiger partial charge on any atom is 0.119 e. The van der Waals surface area contributed by atoms with Gasteiger partial charge in [0.1, 0.15) is 11.5 Å². The quantitative estimate of drug-likeness (QED) is 0.704. The molecule has 0 aromatic heterocycles. The molecule has 0 unspecified atom stereocenters. The van der Waals surface area contributed by atoms with Gasteiger partial charge in [-0.25, -0.2) is 0 Å². The van der Waals surface area contributed by atoms with Crippen molar-refractivity contribution in [1.29, 1.82) is 0 Å². The molecule has 0 heterocycles. The van der Waals surface area contributed by atoms with Gasteiger partial charge >= 0.3 is 0 Å². The van der Waals surface area contributed by atoms with E-state index in [2.05, 4.69) is 37.3 Å². The molecule has 2 nitrogen and oxygen atoms in total. The molecule has 2 aromatic rings. The van der Waals surface area contributed by atoms with Crippen molar-refractivity contribution < 1.29 is 9.47 Å². The van der Waals surface area contributed by atoms with Gasteiger partial charge in [-0.3, -0.25) is 0 Å². The highest BCUT2D eigenvalue weighted by molar-refractivity contribution is 5.80. The van der Waals surface area contributed by atoms with Gasteiger partial charge in [0, 0.05) is 0 Å². The molecule has 115 valence electrons. The SMILES string of the molecule is [CH2]CC=C(c1ccc(OCC)cc1)c1ccc(OCC)cc1. The second kappa shape index (κ2) is 8.28. The van der Waals surface area contributed by atoms with Crippen molar-refractivity contribution in [2.75, 3.05) is 13.2 Å². The van der Waals surface area contributed by atoms with E-state index in [0.717, 1.165) is 29.0 Å². The van der Waals surface area contributed by atoms with E-state index in [1.807, 2.05) is 38.1 Å². The second-order valence-corrected chi connectivity index (χ2v) is 4.82. The van der Waals surface area contributed by atoms with Crippen LogP contribution in [0.3, 0.4) is 0 Å². The summed E-state index contributed by atoms with van der Waals surface area (Å²) in [6.07, 6.45) is 2.89. The molecule has 1 radical (unpaired) electrons.